The van der Waals surface area contributed by atoms with Gasteiger partial charge < -0.3 is 5.11 Å². The minimum absolute atomic E-state index is 0.0974. The normalized spacial score (nSPS) is 33.6. The van der Waals surface area contributed by atoms with Gasteiger partial charge in [-0.25, -0.2) is 0 Å². The summed E-state index contributed by atoms with van der Waals surface area (Å²) in [5.74, 6) is 6.27. The van der Waals surface area contributed by atoms with Gasteiger partial charge in [-0.15, -0.1) is 0 Å². The highest BCUT2D eigenvalue weighted by Gasteiger charge is 2.77. The first-order valence-electron chi connectivity index (χ1n) is 6.89. The number of rotatable bonds is 0. The topological polar surface area (TPSA) is 37.3 Å². The molecular formula is C18H18O2. The van der Waals surface area contributed by atoms with Crippen LogP contribution >= 0.6 is 0 Å². The summed E-state index contributed by atoms with van der Waals surface area (Å²) in [6.07, 6.45) is 0.920. The minimum atomic E-state index is -0.656. The quantitative estimate of drug-likeness (QED) is 0.733. The van der Waals surface area contributed by atoms with E-state index in [1.54, 1.807) is 13.0 Å². The number of hydrogen-bond acceptors (Lipinski definition) is 2. The molecule has 102 valence electrons. The molecule has 2 heteroatoms. The van der Waals surface area contributed by atoms with E-state index < -0.39 is 11.5 Å². The number of fused-ring (bicyclic) bond motifs is 1. The van der Waals surface area contributed by atoms with Gasteiger partial charge in [0.1, 0.15) is 0 Å². The second kappa shape index (κ2) is 4.07. The molecule has 2 nitrogen and oxygen atoms in total. The van der Waals surface area contributed by atoms with Gasteiger partial charge in [0.15, 0.2) is 5.78 Å². The molecule has 1 N–H and O–H groups in total. The van der Waals surface area contributed by atoms with E-state index in [1.807, 2.05) is 44.2 Å². The lowest BCUT2D eigenvalue weighted by Gasteiger charge is -2.24. The van der Waals surface area contributed by atoms with Crippen molar-refractivity contribution in [2.45, 2.75) is 26.9 Å². The lowest BCUT2D eigenvalue weighted by atomic mass is 9.83. The molecule has 0 bridgehead atoms. The average molecular weight is 266 g/mol. The lowest BCUT2D eigenvalue weighted by Crippen LogP contribution is -2.31. The Morgan fingerprint density at radius 3 is 2.50 bits per heavy atom. The number of aliphatic hydroxyl groups is 1. The lowest BCUT2D eigenvalue weighted by molar-refractivity contribution is -0.117. The SMILES string of the molecule is CC1=CC(=O)C2C(C)(C)C2(C#Cc2ccccc2)C1O. The summed E-state index contributed by atoms with van der Waals surface area (Å²) in [6.45, 7) is 5.84. The van der Waals surface area contributed by atoms with Crippen molar-refractivity contribution in [1.82, 2.24) is 0 Å². The molecule has 2 aliphatic rings. The van der Waals surface area contributed by atoms with Crippen LogP contribution in [0.4, 0.5) is 0 Å². The molecule has 20 heavy (non-hydrogen) atoms. The summed E-state index contributed by atoms with van der Waals surface area (Å²) in [5.41, 5.74) is 0.729. The maximum absolute atomic E-state index is 12.2. The second-order valence-electron chi connectivity index (χ2n) is 6.33. The molecule has 2 aliphatic carbocycles. The number of ketones is 1. The molecule has 3 atom stereocenters. The second-order valence-corrected chi connectivity index (χ2v) is 6.33. The van der Waals surface area contributed by atoms with Crippen LogP contribution in [0, 0.1) is 28.6 Å². The first-order chi connectivity index (χ1) is 9.41. The number of benzene rings is 1. The van der Waals surface area contributed by atoms with Crippen LogP contribution in [-0.4, -0.2) is 17.0 Å². The van der Waals surface area contributed by atoms with Gasteiger partial charge in [0, 0.05) is 11.5 Å². The number of aliphatic hydroxyl groups excluding tert-OH is 1. The standard InChI is InChI=1S/C18H18O2/c1-12-11-14(19)15-17(2,3)18(15,16(12)20)10-9-13-7-5-4-6-8-13/h4-8,11,15-16,20H,1-3H3. The summed E-state index contributed by atoms with van der Waals surface area (Å²) < 4.78 is 0. The average Bonchev–Trinajstić information content (AvgIpc) is 2.93. The van der Waals surface area contributed by atoms with E-state index in [0.717, 1.165) is 11.1 Å². The fourth-order valence-corrected chi connectivity index (χ4v) is 3.63. The monoisotopic (exact) mass is 266 g/mol. The third-order valence-electron chi connectivity index (χ3n) is 4.86. The Morgan fingerprint density at radius 2 is 1.85 bits per heavy atom. The van der Waals surface area contributed by atoms with Gasteiger partial charge in [0.05, 0.1) is 11.5 Å². The van der Waals surface area contributed by atoms with Crippen molar-refractivity contribution in [3.63, 3.8) is 0 Å². The van der Waals surface area contributed by atoms with E-state index in [2.05, 4.69) is 11.8 Å². The van der Waals surface area contributed by atoms with Gasteiger partial charge in [0.2, 0.25) is 0 Å². The van der Waals surface area contributed by atoms with Gasteiger partial charge in [-0.1, -0.05) is 43.9 Å². The summed E-state index contributed by atoms with van der Waals surface area (Å²) in [5, 5.41) is 10.5. The minimum Gasteiger partial charge on any atom is -0.387 e. The molecule has 1 fully saturated rings. The van der Waals surface area contributed by atoms with Crippen LogP contribution < -0.4 is 0 Å². The van der Waals surface area contributed by atoms with E-state index in [9.17, 15) is 9.90 Å². The van der Waals surface area contributed by atoms with Crippen molar-refractivity contribution >= 4 is 5.78 Å². The number of allylic oxidation sites excluding steroid dienone is 1. The summed E-state index contributed by atoms with van der Waals surface area (Å²) in [7, 11) is 0. The van der Waals surface area contributed by atoms with Crippen molar-refractivity contribution in [2.75, 3.05) is 0 Å². The van der Waals surface area contributed by atoms with Crippen LogP contribution in [0.3, 0.4) is 0 Å². The Bertz CT molecular complexity index is 658. The zero-order chi connectivity index (χ0) is 14.5. The molecule has 3 rings (SSSR count). The number of carbonyl (C=O) groups is 1. The predicted octanol–water partition coefficient (Wildman–Crippen LogP) is 2.57. The number of carbonyl (C=O) groups excluding carboxylic acids is 1. The number of hydrogen-bond donors (Lipinski definition) is 1. The van der Waals surface area contributed by atoms with Crippen molar-refractivity contribution in [3.8, 4) is 11.8 Å². The summed E-state index contributed by atoms with van der Waals surface area (Å²) >= 11 is 0. The van der Waals surface area contributed by atoms with Crippen molar-refractivity contribution < 1.29 is 9.90 Å². The maximum Gasteiger partial charge on any atom is 0.161 e. The largest absolute Gasteiger partial charge is 0.387 e. The summed E-state index contributed by atoms with van der Waals surface area (Å²) in [6, 6.07) is 9.69. The van der Waals surface area contributed by atoms with Crippen LogP contribution in [0.25, 0.3) is 0 Å². The van der Waals surface area contributed by atoms with E-state index >= 15 is 0 Å². The fraction of sp³-hybridized carbons (Fsp3) is 0.389. The van der Waals surface area contributed by atoms with Gasteiger partial charge >= 0.3 is 0 Å². The van der Waals surface area contributed by atoms with Crippen LogP contribution in [-0.2, 0) is 4.79 Å². The molecule has 1 aromatic rings. The van der Waals surface area contributed by atoms with Crippen molar-refractivity contribution in [1.29, 1.82) is 0 Å². The maximum atomic E-state index is 12.2. The smallest absolute Gasteiger partial charge is 0.161 e. The van der Waals surface area contributed by atoms with Crippen LogP contribution in [0.15, 0.2) is 42.0 Å². The van der Waals surface area contributed by atoms with Crippen molar-refractivity contribution in [3.05, 3.63) is 47.5 Å². The van der Waals surface area contributed by atoms with Crippen LogP contribution in [0.5, 0.6) is 0 Å². The Hall–Kier alpha value is -1.85. The molecular weight excluding hydrogens is 248 g/mol. The highest BCUT2D eigenvalue weighted by atomic mass is 16.3. The van der Waals surface area contributed by atoms with Gasteiger partial charge in [-0.3, -0.25) is 4.79 Å². The van der Waals surface area contributed by atoms with E-state index in [4.69, 9.17) is 0 Å². The Kier molecular flexibility index (Phi) is 2.68. The first kappa shape index (κ1) is 13.1. The Morgan fingerprint density at radius 1 is 1.20 bits per heavy atom. The molecule has 1 saturated carbocycles. The molecule has 0 aliphatic heterocycles. The third-order valence-corrected chi connectivity index (χ3v) is 4.86. The van der Waals surface area contributed by atoms with E-state index in [-0.39, 0.29) is 17.1 Å². The van der Waals surface area contributed by atoms with E-state index in [1.165, 1.54) is 0 Å². The van der Waals surface area contributed by atoms with Crippen molar-refractivity contribution in [2.24, 2.45) is 16.7 Å². The third kappa shape index (κ3) is 1.53. The highest BCUT2D eigenvalue weighted by molar-refractivity contribution is 5.99. The molecule has 0 spiro atoms. The highest BCUT2D eigenvalue weighted by Crippen LogP contribution is 2.73. The van der Waals surface area contributed by atoms with Gasteiger partial charge in [0.25, 0.3) is 0 Å². The Labute approximate surface area is 119 Å². The van der Waals surface area contributed by atoms with E-state index in [0.29, 0.717) is 0 Å². The predicted molar refractivity (Wildman–Crippen MR) is 77.8 cm³/mol. The molecule has 3 unspecified atom stereocenters. The molecule has 0 saturated heterocycles. The molecule has 0 aromatic heterocycles. The first-order valence-corrected chi connectivity index (χ1v) is 6.89. The van der Waals surface area contributed by atoms with Gasteiger partial charge in [-0.05, 0) is 36.1 Å². The van der Waals surface area contributed by atoms with Gasteiger partial charge in [-0.2, -0.15) is 0 Å². The molecule has 0 heterocycles. The van der Waals surface area contributed by atoms with Crippen LogP contribution in [0.2, 0.25) is 0 Å². The fourth-order valence-electron chi connectivity index (χ4n) is 3.63. The Balaban J connectivity index is 2.05. The molecule has 0 radical (unpaired) electrons. The van der Waals surface area contributed by atoms with Crippen LogP contribution in [0.1, 0.15) is 26.3 Å². The molecule has 0 amide bonds. The zero-order valence-electron chi connectivity index (χ0n) is 12.0. The molecule has 1 aromatic carbocycles. The summed E-state index contributed by atoms with van der Waals surface area (Å²) in [4.78, 5) is 12.2. The zero-order valence-corrected chi connectivity index (χ0v) is 12.0.